The third-order valence-electron chi connectivity index (χ3n) is 3.68. The summed E-state index contributed by atoms with van der Waals surface area (Å²) in [5, 5.41) is 3.17. The van der Waals surface area contributed by atoms with Gasteiger partial charge in [-0.25, -0.2) is 8.78 Å². The van der Waals surface area contributed by atoms with Gasteiger partial charge in [0, 0.05) is 12.3 Å². The summed E-state index contributed by atoms with van der Waals surface area (Å²) in [6.45, 7) is 2.19. The minimum atomic E-state index is -0.337. The molecule has 0 saturated heterocycles. The summed E-state index contributed by atoms with van der Waals surface area (Å²) in [6, 6.07) is 5.77. The zero-order valence-electron chi connectivity index (χ0n) is 13.9. The van der Waals surface area contributed by atoms with Gasteiger partial charge < -0.3 is 10.1 Å². The quantitative estimate of drug-likeness (QED) is 0.766. The first-order valence-electron chi connectivity index (χ1n) is 7.91. The summed E-state index contributed by atoms with van der Waals surface area (Å²) in [5.41, 5.74) is 0.871. The first-order valence-corrected chi connectivity index (χ1v) is 7.91. The van der Waals surface area contributed by atoms with Gasteiger partial charge in [0.1, 0.15) is 24.0 Å². The van der Waals surface area contributed by atoms with Crippen molar-refractivity contribution in [1.82, 2.24) is 5.32 Å². The maximum absolute atomic E-state index is 13.6. The molecule has 1 unspecified atom stereocenters. The van der Waals surface area contributed by atoms with E-state index in [9.17, 15) is 8.78 Å². The largest absolute Gasteiger partial charge is 0.488 e. The molecule has 0 radical (unpaired) electrons. The standard InChI is InChI=1S/C19H22F2N2O/c1-14(19(22-2)15-6-3-4-7-16(20)12-15)23-10-11-24-18-9-5-8-17(21)13-18/h4-10,12-14,19,22H,3,11H2,1-2H3/t14?,19-/m0/s1. The van der Waals surface area contributed by atoms with Crippen molar-refractivity contribution in [3.05, 3.63) is 65.8 Å². The summed E-state index contributed by atoms with van der Waals surface area (Å²) in [6.07, 6.45) is 9.11. The molecule has 0 bridgehead atoms. The monoisotopic (exact) mass is 332 g/mol. The average molecular weight is 332 g/mol. The van der Waals surface area contributed by atoms with Crippen molar-refractivity contribution in [2.45, 2.75) is 25.4 Å². The van der Waals surface area contributed by atoms with Gasteiger partial charge in [-0.1, -0.05) is 18.2 Å². The van der Waals surface area contributed by atoms with E-state index in [1.165, 1.54) is 24.3 Å². The summed E-state index contributed by atoms with van der Waals surface area (Å²) < 4.78 is 32.1. The molecule has 0 aromatic heterocycles. The number of allylic oxidation sites excluding steroid dienone is 4. The van der Waals surface area contributed by atoms with Crippen molar-refractivity contribution in [2.75, 3.05) is 13.7 Å². The zero-order valence-corrected chi connectivity index (χ0v) is 13.9. The molecule has 2 rings (SSSR count). The molecule has 0 spiro atoms. The molecule has 3 nitrogen and oxygen atoms in total. The first-order chi connectivity index (χ1) is 11.6. The number of hydrogen-bond acceptors (Lipinski definition) is 3. The van der Waals surface area contributed by atoms with Gasteiger partial charge in [0.15, 0.2) is 0 Å². The van der Waals surface area contributed by atoms with E-state index in [4.69, 9.17) is 4.74 Å². The third-order valence-corrected chi connectivity index (χ3v) is 3.68. The highest BCUT2D eigenvalue weighted by atomic mass is 19.1. The van der Waals surface area contributed by atoms with Gasteiger partial charge in [-0.05, 0) is 50.3 Å². The predicted octanol–water partition coefficient (Wildman–Crippen LogP) is 3.99. The summed E-state index contributed by atoms with van der Waals surface area (Å²) in [5.74, 6) is -0.137. The molecular weight excluding hydrogens is 310 g/mol. The van der Waals surface area contributed by atoms with Crippen molar-refractivity contribution in [1.29, 1.82) is 0 Å². The van der Waals surface area contributed by atoms with Crippen LogP contribution >= 0.6 is 0 Å². The van der Waals surface area contributed by atoms with Crippen molar-refractivity contribution in [3.8, 4) is 5.75 Å². The number of likely N-dealkylation sites (N-methyl/N-ethyl adjacent to an activating group) is 1. The summed E-state index contributed by atoms with van der Waals surface area (Å²) in [4.78, 5) is 4.44. The summed E-state index contributed by atoms with van der Waals surface area (Å²) >= 11 is 0. The third kappa shape index (κ3) is 5.42. The SMILES string of the molecule is CN[C@H](C1=CCC=CC(F)=C1)C(C)N=CCOc1cccc(F)c1. The maximum atomic E-state index is 13.6. The van der Waals surface area contributed by atoms with Gasteiger partial charge in [-0.15, -0.1) is 0 Å². The van der Waals surface area contributed by atoms with Crippen molar-refractivity contribution in [2.24, 2.45) is 4.99 Å². The van der Waals surface area contributed by atoms with Crippen molar-refractivity contribution in [3.63, 3.8) is 0 Å². The molecule has 5 heteroatoms. The number of aliphatic imine (C=N–C) groups is 1. The lowest BCUT2D eigenvalue weighted by Gasteiger charge is -2.22. The minimum absolute atomic E-state index is 0.0962. The molecule has 0 saturated carbocycles. The van der Waals surface area contributed by atoms with Crippen LogP contribution in [0.4, 0.5) is 8.78 Å². The Kier molecular flexibility index (Phi) is 6.88. The van der Waals surface area contributed by atoms with Gasteiger partial charge in [0.2, 0.25) is 0 Å². The molecule has 2 atom stereocenters. The lowest BCUT2D eigenvalue weighted by atomic mass is 9.99. The molecule has 0 heterocycles. The fourth-order valence-corrected chi connectivity index (χ4v) is 2.54. The molecule has 0 amide bonds. The van der Waals surface area contributed by atoms with Gasteiger partial charge in [-0.2, -0.15) is 0 Å². The van der Waals surface area contributed by atoms with E-state index in [0.717, 1.165) is 5.57 Å². The Morgan fingerprint density at radius 1 is 1.38 bits per heavy atom. The van der Waals surface area contributed by atoms with E-state index >= 15 is 0 Å². The van der Waals surface area contributed by atoms with Crippen LogP contribution in [0.2, 0.25) is 0 Å². The lowest BCUT2D eigenvalue weighted by molar-refractivity contribution is 0.376. The topological polar surface area (TPSA) is 33.6 Å². The van der Waals surface area contributed by atoms with Crippen LogP contribution in [0.15, 0.2) is 65.0 Å². The van der Waals surface area contributed by atoms with Crippen LogP contribution in [0.25, 0.3) is 0 Å². The van der Waals surface area contributed by atoms with E-state index in [-0.39, 0.29) is 30.3 Å². The van der Waals surface area contributed by atoms with E-state index in [1.54, 1.807) is 24.4 Å². The van der Waals surface area contributed by atoms with Crippen molar-refractivity contribution < 1.29 is 13.5 Å². The smallest absolute Gasteiger partial charge is 0.126 e. The fraction of sp³-hybridized carbons (Fsp3) is 0.316. The number of nitrogens with one attached hydrogen (secondary N) is 1. The Labute approximate surface area is 141 Å². The Hall–Kier alpha value is -2.27. The number of benzene rings is 1. The number of ether oxygens (including phenoxy) is 1. The van der Waals surface area contributed by atoms with E-state index < -0.39 is 0 Å². The second-order valence-corrected chi connectivity index (χ2v) is 5.48. The molecule has 1 aromatic carbocycles. The van der Waals surface area contributed by atoms with Crippen LogP contribution in [-0.4, -0.2) is 32.0 Å². The van der Waals surface area contributed by atoms with Crippen LogP contribution in [0, 0.1) is 5.82 Å². The fourth-order valence-electron chi connectivity index (χ4n) is 2.54. The predicted molar refractivity (Wildman–Crippen MR) is 93.7 cm³/mol. The van der Waals surface area contributed by atoms with E-state index in [1.807, 2.05) is 20.0 Å². The van der Waals surface area contributed by atoms with Gasteiger partial charge in [0.25, 0.3) is 0 Å². The van der Waals surface area contributed by atoms with Crippen LogP contribution < -0.4 is 10.1 Å². The van der Waals surface area contributed by atoms with Gasteiger partial charge >= 0.3 is 0 Å². The van der Waals surface area contributed by atoms with Crippen molar-refractivity contribution >= 4 is 6.21 Å². The average Bonchev–Trinajstić information content (AvgIpc) is 2.77. The molecule has 1 N–H and O–H groups in total. The molecule has 0 aliphatic heterocycles. The second kappa shape index (κ2) is 9.13. The van der Waals surface area contributed by atoms with Crippen LogP contribution in [-0.2, 0) is 0 Å². The lowest BCUT2D eigenvalue weighted by Crippen LogP contribution is -2.36. The minimum Gasteiger partial charge on any atom is -0.488 e. The van der Waals surface area contributed by atoms with Gasteiger partial charge in [0.05, 0.1) is 12.1 Å². The molecule has 0 fully saturated rings. The first kappa shape index (κ1) is 18.1. The number of rotatable bonds is 7. The molecule has 1 aliphatic carbocycles. The summed E-state index contributed by atoms with van der Waals surface area (Å²) in [7, 11) is 1.82. The molecule has 128 valence electrons. The van der Waals surface area contributed by atoms with Crippen LogP contribution in [0.5, 0.6) is 5.75 Å². The Morgan fingerprint density at radius 3 is 2.96 bits per heavy atom. The van der Waals surface area contributed by atoms with Gasteiger partial charge in [-0.3, -0.25) is 4.99 Å². The molecular formula is C19H22F2N2O. The van der Waals surface area contributed by atoms with Crippen LogP contribution in [0.3, 0.4) is 0 Å². The molecule has 24 heavy (non-hydrogen) atoms. The highest BCUT2D eigenvalue weighted by molar-refractivity contribution is 5.59. The maximum Gasteiger partial charge on any atom is 0.126 e. The Bertz CT molecular complexity index is 665. The number of hydrogen-bond donors (Lipinski definition) is 1. The molecule has 1 aromatic rings. The highest BCUT2D eigenvalue weighted by Crippen LogP contribution is 2.18. The molecule has 1 aliphatic rings. The van der Waals surface area contributed by atoms with Crippen LogP contribution in [0.1, 0.15) is 13.3 Å². The van der Waals surface area contributed by atoms with E-state index in [0.29, 0.717) is 12.2 Å². The Morgan fingerprint density at radius 2 is 2.21 bits per heavy atom. The number of halogens is 2. The normalized spacial score (nSPS) is 17.2. The zero-order chi connectivity index (χ0) is 17.4. The number of nitrogens with zero attached hydrogens (tertiary/aromatic N) is 1. The highest BCUT2D eigenvalue weighted by Gasteiger charge is 2.18. The Balaban J connectivity index is 1.93. The van der Waals surface area contributed by atoms with E-state index in [2.05, 4.69) is 10.3 Å². The second-order valence-electron chi connectivity index (χ2n) is 5.48.